The number of nitrogens with zero attached hydrogens (tertiary/aromatic N) is 1. The van der Waals surface area contributed by atoms with Crippen molar-refractivity contribution in [1.29, 1.82) is 0 Å². The summed E-state index contributed by atoms with van der Waals surface area (Å²) >= 11 is 1.62. The lowest BCUT2D eigenvalue weighted by Crippen LogP contribution is -2.17. The van der Waals surface area contributed by atoms with Gasteiger partial charge < -0.3 is 15.0 Å². The molecule has 0 atom stereocenters. The third-order valence-corrected chi connectivity index (χ3v) is 6.28. The van der Waals surface area contributed by atoms with Crippen molar-refractivity contribution in [3.05, 3.63) is 50.4 Å². The van der Waals surface area contributed by atoms with Crippen LogP contribution in [0.1, 0.15) is 41.1 Å². The Labute approximate surface area is 167 Å². The highest BCUT2D eigenvalue weighted by Crippen LogP contribution is 2.33. The fourth-order valence-corrected chi connectivity index (χ4v) is 4.97. The summed E-state index contributed by atoms with van der Waals surface area (Å²) in [5, 5.41) is 3.63. The Bertz CT molecular complexity index is 1100. The van der Waals surface area contributed by atoms with Gasteiger partial charge in [0.2, 0.25) is 5.91 Å². The van der Waals surface area contributed by atoms with Crippen LogP contribution in [0, 0.1) is 6.92 Å². The first-order valence-corrected chi connectivity index (χ1v) is 10.3. The fraction of sp³-hybridized carbons (Fsp3) is 0.381. The molecule has 7 heteroatoms. The minimum absolute atomic E-state index is 0.0832. The van der Waals surface area contributed by atoms with Gasteiger partial charge >= 0.3 is 0 Å². The summed E-state index contributed by atoms with van der Waals surface area (Å²) in [7, 11) is 1.57. The molecule has 1 aliphatic carbocycles. The van der Waals surface area contributed by atoms with Gasteiger partial charge in [0, 0.05) is 17.7 Å². The molecule has 3 aromatic rings. The van der Waals surface area contributed by atoms with Crippen molar-refractivity contribution in [2.45, 2.75) is 45.4 Å². The normalized spacial score (nSPS) is 13.4. The lowest BCUT2D eigenvalue weighted by molar-refractivity contribution is -0.116. The molecule has 28 heavy (non-hydrogen) atoms. The zero-order valence-electron chi connectivity index (χ0n) is 16.1. The Morgan fingerprint density at radius 2 is 2.14 bits per heavy atom. The predicted molar refractivity (Wildman–Crippen MR) is 112 cm³/mol. The molecule has 0 aliphatic heterocycles. The van der Waals surface area contributed by atoms with E-state index in [1.807, 2.05) is 25.1 Å². The average molecular weight is 398 g/mol. The third kappa shape index (κ3) is 3.67. The Morgan fingerprint density at radius 3 is 2.96 bits per heavy atom. The molecule has 2 N–H and O–H groups in total. The Kier molecular flexibility index (Phi) is 5.17. The van der Waals surface area contributed by atoms with E-state index < -0.39 is 0 Å². The summed E-state index contributed by atoms with van der Waals surface area (Å²) in [6, 6.07) is 5.63. The molecule has 146 valence electrons. The number of anilines is 1. The van der Waals surface area contributed by atoms with Crippen LogP contribution in [0.15, 0.2) is 23.0 Å². The van der Waals surface area contributed by atoms with Crippen molar-refractivity contribution in [2.24, 2.45) is 0 Å². The molecule has 0 bridgehead atoms. The van der Waals surface area contributed by atoms with Crippen LogP contribution in [0.5, 0.6) is 5.75 Å². The van der Waals surface area contributed by atoms with Gasteiger partial charge in [-0.25, -0.2) is 4.98 Å². The van der Waals surface area contributed by atoms with Crippen molar-refractivity contribution < 1.29 is 9.53 Å². The topological polar surface area (TPSA) is 84.1 Å². The van der Waals surface area contributed by atoms with Crippen LogP contribution < -0.4 is 15.6 Å². The number of rotatable bonds is 5. The monoisotopic (exact) mass is 397 g/mol. The molecule has 0 radical (unpaired) electrons. The quantitative estimate of drug-likeness (QED) is 0.687. The van der Waals surface area contributed by atoms with E-state index in [-0.39, 0.29) is 17.9 Å². The molecule has 0 spiro atoms. The van der Waals surface area contributed by atoms with Crippen molar-refractivity contribution in [1.82, 2.24) is 9.97 Å². The number of fused-ring (bicyclic) bond motifs is 3. The van der Waals surface area contributed by atoms with E-state index in [0.29, 0.717) is 23.7 Å². The first-order chi connectivity index (χ1) is 13.5. The molecule has 4 rings (SSSR count). The number of aryl methyl sites for hydroxylation is 4. The van der Waals surface area contributed by atoms with Gasteiger partial charge in [0.05, 0.1) is 18.2 Å². The molecule has 0 saturated carbocycles. The molecule has 2 heterocycles. The Balaban J connectivity index is 1.49. The van der Waals surface area contributed by atoms with E-state index in [4.69, 9.17) is 4.74 Å². The highest BCUT2D eigenvalue weighted by atomic mass is 32.1. The minimum atomic E-state index is -0.142. The van der Waals surface area contributed by atoms with Crippen LogP contribution in [-0.2, 0) is 24.1 Å². The summed E-state index contributed by atoms with van der Waals surface area (Å²) in [4.78, 5) is 34.6. The van der Waals surface area contributed by atoms with Crippen LogP contribution in [-0.4, -0.2) is 23.0 Å². The highest BCUT2D eigenvalue weighted by Gasteiger charge is 2.20. The van der Waals surface area contributed by atoms with Crippen LogP contribution in [0.25, 0.3) is 10.2 Å². The number of carbonyl (C=O) groups excluding carboxylic acids is 1. The molecule has 0 fully saturated rings. The van der Waals surface area contributed by atoms with Gasteiger partial charge in [-0.1, -0.05) is 6.07 Å². The second kappa shape index (κ2) is 7.75. The number of benzene rings is 1. The van der Waals surface area contributed by atoms with E-state index in [0.717, 1.165) is 35.0 Å². The predicted octanol–water partition coefficient (Wildman–Crippen LogP) is 3.75. The number of H-pyrrole nitrogens is 1. The SMILES string of the molecule is COc1ccc(C)cc1NC(=O)CCc1nc2sc3c(c2c(=O)[nH]1)CCCC3. The zero-order chi connectivity index (χ0) is 19.7. The molecular weight excluding hydrogens is 374 g/mol. The van der Waals surface area contributed by atoms with E-state index in [9.17, 15) is 9.59 Å². The van der Waals surface area contributed by atoms with Crippen molar-refractivity contribution >= 4 is 33.1 Å². The zero-order valence-corrected chi connectivity index (χ0v) is 16.9. The maximum Gasteiger partial charge on any atom is 0.259 e. The Hall–Kier alpha value is -2.67. The average Bonchev–Trinajstić information content (AvgIpc) is 3.05. The molecule has 2 aromatic heterocycles. The molecule has 1 amide bonds. The first-order valence-electron chi connectivity index (χ1n) is 9.53. The fourth-order valence-electron chi connectivity index (χ4n) is 3.69. The van der Waals surface area contributed by atoms with E-state index in [1.165, 1.54) is 16.9 Å². The number of thiophene rings is 1. The van der Waals surface area contributed by atoms with Crippen molar-refractivity contribution in [2.75, 3.05) is 12.4 Å². The Morgan fingerprint density at radius 1 is 1.32 bits per heavy atom. The van der Waals surface area contributed by atoms with Gasteiger partial charge in [-0.15, -0.1) is 11.3 Å². The summed E-state index contributed by atoms with van der Waals surface area (Å²) < 4.78 is 5.29. The lowest BCUT2D eigenvalue weighted by atomic mass is 9.97. The molecular formula is C21H23N3O3S. The standard InChI is InChI=1S/C21H23N3O3S/c1-12-7-8-15(27-2)14(11-12)22-18(25)10-9-17-23-20(26)19-13-5-3-4-6-16(13)28-21(19)24-17/h7-8,11H,3-6,9-10H2,1-2H3,(H,22,25)(H,23,24,26). The molecule has 6 nitrogen and oxygen atoms in total. The largest absolute Gasteiger partial charge is 0.495 e. The van der Waals surface area contributed by atoms with Gasteiger partial charge in [-0.05, 0) is 55.9 Å². The van der Waals surface area contributed by atoms with Crippen LogP contribution >= 0.6 is 11.3 Å². The van der Waals surface area contributed by atoms with Gasteiger partial charge in [0.1, 0.15) is 16.4 Å². The van der Waals surface area contributed by atoms with Gasteiger partial charge in [-0.3, -0.25) is 9.59 Å². The van der Waals surface area contributed by atoms with Crippen LogP contribution in [0.4, 0.5) is 5.69 Å². The molecule has 1 aliphatic rings. The number of ether oxygens (including phenoxy) is 1. The van der Waals surface area contributed by atoms with Gasteiger partial charge in [0.15, 0.2) is 0 Å². The summed E-state index contributed by atoms with van der Waals surface area (Å²) in [6.07, 6.45) is 4.91. The first kappa shape index (κ1) is 18.7. The summed E-state index contributed by atoms with van der Waals surface area (Å²) in [6.45, 7) is 1.96. The highest BCUT2D eigenvalue weighted by molar-refractivity contribution is 7.18. The van der Waals surface area contributed by atoms with Crippen LogP contribution in [0.3, 0.4) is 0 Å². The molecule has 0 saturated heterocycles. The number of nitrogens with one attached hydrogen (secondary N) is 2. The van der Waals surface area contributed by atoms with Crippen molar-refractivity contribution in [3.63, 3.8) is 0 Å². The van der Waals surface area contributed by atoms with Crippen LogP contribution in [0.2, 0.25) is 0 Å². The van der Waals surface area contributed by atoms with E-state index in [2.05, 4.69) is 15.3 Å². The number of hydrogen-bond donors (Lipinski definition) is 2. The minimum Gasteiger partial charge on any atom is -0.495 e. The summed E-state index contributed by atoms with van der Waals surface area (Å²) in [5.41, 5.74) is 2.78. The number of amides is 1. The van der Waals surface area contributed by atoms with E-state index >= 15 is 0 Å². The second-order valence-corrected chi connectivity index (χ2v) is 8.24. The number of methoxy groups -OCH3 is 1. The number of aromatic nitrogens is 2. The summed E-state index contributed by atoms with van der Waals surface area (Å²) in [5.74, 6) is 1.04. The lowest BCUT2D eigenvalue weighted by Gasteiger charge is -2.11. The maximum atomic E-state index is 12.6. The number of carbonyl (C=O) groups is 1. The molecule has 0 unspecified atom stereocenters. The third-order valence-electron chi connectivity index (χ3n) is 5.09. The number of hydrogen-bond acceptors (Lipinski definition) is 5. The number of aromatic amines is 1. The van der Waals surface area contributed by atoms with Gasteiger partial charge in [0.25, 0.3) is 5.56 Å². The maximum absolute atomic E-state index is 12.6. The van der Waals surface area contributed by atoms with E-state index in [1.54, 1.807) is 18.4 Å². The molecule has 1 aromatic carbocycles. The van der Waals surface area contributed by atoms with Crippen molar-refractivity contribution in [3.8, 4) is 5.75 Å². The van der Waals surface area contributed by atoms with Gasteiger partial charge in [-0.2, -0.15) is 0 Å². The second-order valence-electron chi connectivity index (χ2n) is 7.16. The smallest absolute Gasteiger partial charge is 0.259 e.